The van der Waals surface area contributed by atoms with Crippen LogP contribution in [0.5, 0.6) is 0 Å². The predicted molar refractivity (Wildman–Crippen MR) is 99.5 cm³/mol. The largest absolute Gasteiger partial charge is 0.481 e. The van der Waals surface area contributed by atoms with Gasteiger partial charge in [0.25, 0.3) is 0 Å². The van der Waals surface area contributed by atoms with Crippen molar-refractivity contribution in [3.63, 3.8) is 0 Å². The van der Waals surface area contributed by atoms with Gasteiger partial charge >= 0.3 is 5.97 Å². The molecule has 3 heteroatoms. The Morgan fingerprint density at radius 1 is 0.720 bits per heavy atom. The van der Waals surface area contributed by atoms with Gasteiger partial charge in [-0.05, 0) is 16.7 Å². The molecule has 25 heavy (non-hydrogen) atoms. The van der Waals surface area contributed by atoms with Crippen LogP contribution in [0.1, 0.15) is 23.1 Å². The Morgan fingerprint density at radius 2 is 1.08 bits per heavy atom. The minimum absolute atomic E-state index is 0.0637. The number of aliphatic carboxylic acids is 1. The van der Waals surface area contributed by atoms with E-state index in [0.29, 0.717) is 6.54 Å². The third-order valence-electron chi connectivity index (χ3n) is 4.35. The Kier molecular flexibility index (Phi) is 5.26. The molecule has 0 aliphatic carbocycles. The van der Waals surface area contributed by atoms with Crippen molar-refractivity contribution in [2.24, 2.45) is 0 Å². The summed E-state index contributed by atoms with van der Waals surface area (Å²) in [7, 11) is 0. The van der Waals surface area contributed by atoms with Gasteiger partial charge in [0.1, 0.15) is 0 Å². The molecule has 3 rings (SSSR count). The van der Waals surface area contributed by atoms with Crippen molar-refractivity contribution in [3.05, 3.63) is 108 Å². The Labute approximate surface area is 148 Å². The van der Waals surface area contributed by atoms with E-state index >= 15 is 0 Å². The van der Waals surface area contributed by atoms with Crippen LogP contribution in [0.15, 0.2) is 91.0 Å². The fourth-order valence-corrected chi connectivity index (χ4v) is 3.23. The van der Waals surface area contributed by atoms with Crippen LogP contribution in [0.2, 0.25) is 0 Å². The lowest BCUT2D eigenvalue weighted by molar-refractivity contribution is -0.136. The molecule has 0 heterocycles. The van der Waals surface area contributed by atoms with Crippen LogP contribution in [0.25, 0.3) is 0 Å². The second kappa shape index (κ2) is 7.77. The fraction of sp³-hybridized carbons (Fsp3) is 0.136. The molecule has 3 aromatic carbocycles. The zero-order chi connectivity index (χ0) is 17.5. The zero-order valence-electron chi connectivity index (χ0n) is 13.9. The Hall–Kier alpha value is -2.91. The van der Waals surface area contributed by atoms with Crippen molar-refractivity contribution in [2.75, 3.05) is 6.54 Å². The summed E-state index contributed by atoms with van der Waals surface area (Å²) in [5, 5.41) is 12.6. The first-order valence-corrected chi connectivity index (χ1v) is 8.37. The minimum atomic E-state index is -0.810. The number of carboxylic acids is 1. The van der Waals surface area contributed by atoms with E-state index in [4.69, 9.17) is 5.11 Å². The number of hydrogen-bond acceptors (Lipinski definition) is 2. The van der Waals surface area contributed by atoms with Crippen molar-refractivity contribution in [2.45, 2.75) is 12.0 Å². The van der Waals surface area contributed by atoms with E-state index in [1.54, 1.807) is 0 Å². The van der Waals surface area contributed by atoms with Crippen LogP contribution in [-0.2, 0) is 10.3 Å². The molecule has 0 aliphatic rings. The number of benzene rings is 3. The summed E-state index contributed by atoms with van der Waals surface area (Å²) in [6.45, 7) is 0.369. The maximum atomic E-state index is 11.1. The summed E-state index contributed by atoms with van der Waals surface area (Å²) < 4.78 is 0. The fourth-order valence-electron chi connectivity index (χ4n) is 3.23. The van der Waals surface area contributed by atoms with Crippen molar-refractivity contribution in [1.82, 2.24) is 5.32 Å². The highest BCUT2D eigenvalue weighted by atomic mass is 16.4. The molecule has 0 amide bonds. The lowest BCUT2D eigenvalue weighted by atomic mass is 9.77. The molecular formula is C22H21NO2. The Balaban J connectivity index is 2.18. The molecule has 0 saturated carbocycles. The van der Waals surface area contributed by atoms with E-state index in [1.807, 2.05) is 54.6 Å². The number of nitrogens with one attached hydrogen (secondary N) is 1. The first-order chi connectivity index (χ1) is 12.2. The molecule has 0 radical (unpaired) electrons. The lowest BCUT2D eigenvalue weighted by Crippen LogP contribution is -2.45. The molecule has 126 valence electrons. The van der Waals surface area contributed by atoms with Gasteiger partial charge in [-0.15, -0.1) is 0 Å². The summed E-state index contributed by atoms with van der Waals surface area (Å²) >= 11 is 0. The second-order valence-corrected chi connectivity index (χ2v) is 5.92. The molecular weight excluding hydrogens is 310 g/mol. The predicted octanol–water partition coefficient (Wildman–Crippen LogP) is 4.04. The van der Waals surface area contributed by atoms with E-state index in [1.165, 1.54) is 0 Å². The van der Waals surface area contributed by atoms with Crippen LogP contribution < -0.4 is 5.32 Å². The average molecular weight is 331 g/mol. The number of hydrogen-bond donors (Lipinski definition) is 2. The molecule has 0 aliphatic heterocycles. The smallest absolute Gasteiger partial charge is 0.304 e. The molecule has 0 fully saturated rings. The highest BCUT2D eigenvalue weighted by Gasteiger charge is 2.35. The van der Waals surface area contributed by atoms with E-state index in [2.05, 4.69) is 41.7 Å². The molecule has 2 N–H and O–H groups in total. The minimum Gasteiger partial charge on any atom is -0.481 e. The highest BCUT2D eigenvalue weighted by Crippen LogP contribution is 2.36. The SMILES string of the molecule is O=C(O)CCNC(c1ccccc1)(c1ccccc1)c1ccccc1. The van der Waals surface area contributed by atoms with Gasteiger partial charge in [0.05, 0.1) is 12.0 Å². The van der Waals surface area contributed by atoms with Gasteiger partial charge in [0.15, 0.2) is 0 Å². The summed E-state index contributed by atoms with van der Waals surface area (Å²) in [5.41, 5.74) is 2.65. The molecule has 0 saturated heterocycles. The molecule has 0 bridgehead atoms. The van der Waals surface area contributed by atoms with Crippen molar-refractivity contribution in [3.8, 4) is 0 Å². The maximum absolute atomic E-state index is 11.1. The van der Waals surface area contributed by atoms with Crippen molar-refractivity contribution in [1.29, 1.82) is 0 Å². The van der Waals surface area contributed by atoms with Gasteiger partial charge in [-0.3, -0.25) is 10.1 Å². The van der Waals surface area contributed by atoms with E-state index < -0.39 is 11.5 Å². The van der Waals surface area contributed by atoms with E-state index in [0.717, 1.165) is 16.7 Å². The Bertz CT molecular complexity index is 705. The average Bonchev–Trinajstić information content (AvgIpc) is 2.67. The topological polar surface area (TPSA) is 49.3 Å². The molecule has 0 unspecified atom stereocenters. The highest BCUT2D eigenvalue weighted by molar-refractivity contribution is 5.67. The van der Waals surface area contributed by atoms with Crippen molar-refractivity contribution < 1.29 is 9.90 Å². The first-order valence-electron chi connectivity index (χ1n) is 8.37. The lowest BCUT2D eigenvalue weighted by Gasteiger charge is -2.37. The number of carbonyl (C=O) groups is 1. The number of carboxylic acid groups (broad SMARTS) is 1. The van der Waals surface area contributed by atoms with Crippen LogP contribution in [-0.4, -0.2) is 17.6 Å². The second-order valence-electron chi connectivity index (χ2n) is 5.92. The van der Waals surface area contributed by atoms with Crippen LogP contribution in [0.3, 0.4) is 0 Å². The van der Waals surface area contributed by atoms with Crippen LogP contribution in [0.4, 0.5) is 0 Å². The van der Waals surface area contributed by atoms with Crippen LogP contribution >= 0.6 is 0 Å². The molecule has 0 atom stereocenters. The van der Waals surface area contributed by atoms with Gasteiger partial charge in [-0.2, -0.15) is 0 Å². The summed E-state index contributed by atoms with van der Waals surface area (Å²) in [6.07, 6.45) is 0.0637. The van der Waals surface area contributed by atoms with Crippen molar-refractivity contribution >= 4 is 5.97 Å². The van der Waals surface area contributed by atoms with Gasteiger partial charge in [0, 0.05) is 6.54 Å². The van der Waals surface area contributed by atoms with Crippen LogP contribution in [0, 0.1) is 0 Å². The maximum Gasteiger partial charge on any atom is 0.304 e. The monoisotopic (exact) mass is 331 g/mol. The molecule has 3 nitrogen and oxygen atoms in total. The first kappa shape index (κ1) is 16.9. The zero-order valence-corrected chi connectivity index (χ0v) is 13.9. The summed E-state index contributed by atoms with van der Waals surface area (Å²) in [6, 6.07) is 30.5. The molecule has 3 aromatic rings. The standard InChI is InChI=1S/C22H21NO2/c24-21(25)16-17-23-22(18-10-4-1-5-11-18,19-12-6-2-7-13-19)20-14-8-3-9-15-20/h1-15,23H,16-17H2,(H,24,25). The van der Waals surface area contributed by atoms with E-state index in [-0.39, 0.29) is 6.42 Å². The summed E-state index contributed by atoms with van der Waals surface area (Å²) in [4.78, 5) is 11.1. The summed E-state index contributed by atoms with van der Waals surface area (Å²) in [5.74, 6) is -0.810. The molecule has 0 spiro atoms. The van der Waals surface area contributed by atoms with Gasteiger partial charge < -0.3 is 5.11 Å². The van der Waals surface area contributed by atoms with E-state index in [9.17, 15) is 4.79 Å². The van der Waals surface area contributed by atoms with Gasteiger partial charge in [-0.1, -0.05) is 91.0 Å². The van der Waals surface area contributed by atoms with Gasteiger partial charge in [-0.25, -0.2) is 0 Å². The third kappa shape index (κ3) is 3.62. The quantitative estimate of drug-likeness (QED) is 0.642. The number of rotatable bonds is 7. The third-order valence-corrected chi connectivity index (χ3v) is 4.35. The molecule has 0 aromatic heterocycles. The normalized spacial score (nSPS) is 11.2. The van der Waals surface area contributed by atoms with Gasteiger partial charge in [0.2, 0.25) is 0 Å². The Morgan fingerprint density at radius 3 is 1.40 bits per heavy atom.